The van der Waals surface area contributed by atoms with E-state index in [4.69, 9.17) is 29.9 Å². The van der Waals surface area contributed by atoms with Crippen molar-refractivity contribution in [3.63, 3.8) is 0 Å². The fraction of sp³-hybridized carbons (Fsp3) is 0.214. The maximum absolute atomic E-state index is 12.7. The van der Waals surface area contributed by atoms with E-state index in [9.17, 15) is 49.1 Å². The summed E-state index contributed by atoms with van der Waals surface area (Å²) in [6.07, 6.45) is 4.91. The van der Waals surface area contributed by atoms with Gasteiger partial charge >= 0.3 is 0 Å². The lowest BCUT2D eigenvalue weighted by Crippen LogP contribution is -2.50. The third-order valence-corrected chi connectivity index (χ3v) is 19.5. The number of H-pyrrole nitrogens is 2. The molecule has 14 rings (SSSR count). The monoisotopic (exact) mass is 1100 g/mol. The molecule has 3 aromatic heterocycles. The van der Waals surface area contributed by atoms with Gasteiger partial charge < -0.3 is 20.2 Å². The van der Waals surface area contributed by atoms with Gasteiger partial charge in [-0.2, -0.15) is 25.3 Å². The summed E-state index contributed by atoms with van der Waals surface area (Å²) in [5, 5.41) is 25.9. The molecule has 19 nitrogen and oxygen atoms in total. The van der Waals surface area contributed by atoms with Crippen molar-refractivity contribution in [2.45, 2.75) is 71.7 Å². The second-order valence-corrected chi connectivity index (χ2v) is 25.2. The Morgan fingerprint density at radius 3 is 1.72 bits per heavy atom. The number of nitrogens with zero attached hydrogens (tertiary/aromatic N) is 6. The third-order valence-electron chi connectivity index (χ3n) is 16.9. The standard InChI is InChI=1S/C56H42N8O11S3/c1-55-18-16-35-34-11-6-30(65)21-29(34)5-10-36(35)46(55)17-20-56(55,66)19-15-27-3-2-4-28-22-41-45(26-40(27)28)54-62-49-38-13-8-32(77(70,71)72)24-43(38)52(60-49)58-47-37-12-7-31(76(67,68)69)23-42(37)51(57-47)59-48-39-14-9-33(78(73,74)75)25-44(39)53(61-48)63-50(41)64-54/h2-4,6-9,11-14,21-26,35-36,46,65-66H,5,10,16-18,20H2,1H3,(H,67,68,69)(H,70,71,72)(H,73,74,75)(H2,57,58,59,60,61,62,63,64)/t35-,36-,46+,55+,56+/m1/s1. The Kier molecular flexibility index (Phi) is 10.2. The van der Waals surface area contributed by atoms with Crippen molar-refractivity contribution in [3.8, 4) is 63.1 Å². The van der Waals surface area contributed by atoms with Crippen LogP contribution in [-0.4, -0.2) is 94.6 Å². The molecular weight excluding hydrogens is 1060 g/mol. The largest absolute Gasteiger partial charge is 0.508 e. The summed E-state index contributed by atoms with van der Waals surface area (Å²) in [6.45, 7) is 2.19. The van der Waals surface area contributed by atoms with Gasteiger partial charge in [-0.3, -0.25) is 13.7 Å². The summed E-state index contributed by atoms with van der Waals surface area (Å²) in [7, 11) is -14.2. The molecule has 2 aliphatic heterocycles. The van der Waals surface area contributed by atoms with E-state index >= 15 is 0 Å². The quantitative estimate of drug-likeness (QED) is 0.0640. The second-order valence-electron chi connectivity index (χ2n) is 21.0. The van der Waals surface area contributed by atoms with E-state index < -0.39 is 56.1 Å². The molecule has 0 amide bonds. The molecule has 6 aromatic carbocycles. The van der Waals surface area contributed by atoms with Crippen molar-refractivity contribution in [2.75, 3.05) is 0 Å². The Balaban J connectivity index is 0.998. The van der Waals surface area contributed by atoms with Gasteiger partial charge in [-0.25, -0.2) is 29.9 Å². The number of hydrogen-bond acceptors (Lipinski definition) is 14. The summed E-state index contributed by atoms with van der Waals surface area (Å²) in [5.74, 6) is 8.05. The van der Waals surface area contributed by atoms with Crippen LogP contribution in [0.25, 0.3) is 100 Å². The molecule has 7 N–H and O–H groups in total. The van der Waals surface area contributed by atoms with Crippen LogP contribution >= 0.6 is 0 Å². The van der Waals surface area contributed by atoms with Crippen LogP contribution in [0.5, 0.6) is 5.75 Å². The normalized spacial score (nSPS) is 21.6. The number of phenolic OH excluding ortho intramolecular Hbond substituents is 1. The van der Waals surface area contributed by atoms with Crippen LogP contribution in [0.1, 0.15) is 61.6 Å². The first-order valence-electron chi connectivity index (χ1n) is 24.9. The lowest BCUT2D eigenvalue weighted by atomic mass is 9.53. The molecule has 2 saturated carbocycles. The van der Waals surface area contributed by atoms with Crippen LogP contribution in [0.4, 0.5) is 0 Å². The topological polar surface area (TPSA) is 312 Å². The Morgan fingerprint density at radius 2 is 1.10 bits per heavy atom. The van der Waals surface area contributed by atoms with Crippen molar-refractivity contribution in [2.24, 2.45) is 17.3 Å². The summed E-state index contributed by atoms with van der Waals surface area (Å²) in [5.41, 5.74) is 2.81. The van der Waals surface area contributed by atoms with E-state index in [1.54, 1.807) is 6.07 Å². The molecule has 8 bridgehead atoms. The Bertz CT molecular complexity index is 4840. The number of nitrogens with one attached hydrogen (secondary N) is 2. The van der Waals surface area contributed by atoms with Gasteiger partial charge in [0.15, 0.2) is 23.3 Å². The predicted octanol–water partition coefficient (Wildman–Crippen LogP) is 9.11. The highest BCUT2D eigenvalue weighted by molar-refractivity contribution is 7.86. The molecule has 0 unspecified atom stereocenters. The molecular formula is C56H42N8O11S3. The summed E-state index contributed by atoms with van der Waals surface area (Å²) in [4.78, 5) is 34.3. The number of aryl methyl sites for hydroxylation is 1. The lowest BCUT2D eigenvalue weighted by Gasteiger charge is -2.52. The summed E-state index contributed by atoms with van der Waals surface area (Å²) < 4.78 is 106. The van der Waals surface area contributed by atoms with Gasteiger partial charge in [0.25, 0.3) is 30.4 Å². The zero-order chi connectivity index (χ0) is 54.0. The van der Waals surface area contributed by atoms with Crippen molar-refractivity contribution in [3.05, 3.63) is 120 Å². The average Bonchev–Trinajstić information content (AvgIpc) is 4.38. The first kappa shape index (κ1) is 48.4. The van der Waals surface area contributed by atoms with E-state index in [2.05, 4.69) is 34.8 Å². The Hall–Kier alpha value is -8.01. The third kappa shape index (κ3) is 7.48. The number of aliphatic hydroxyl groups is 1. The van der Waals surface area contributed by atoms with E-state index in [1.165, 1.54) is 59.7 Å². The van der Waals surface area contributed by atoms with E-state index in [0.29, 0.717) is 40.2 Å². The predicted molar refractivity (Wildman–Crippen MR) is 288 cm³/mol. The number of fused-ring (bicyclic) bond motifs is 26. The smallest absolute Gasteiger partial charge is 0.294 e. The molecule has 390 valence electrons. The van der Waals surface area contributed by atoms with Gasteiger partial charge in [-0.05, 0) is 163 Å². The Morgan fingerprint density at radius 1 is 0.551 bits per heavy atom. The fourth-order valence-corrected chi connectivity index (χ4v) is 14.6. The van der Waals surface area contributed by atoms with Gasteiger partial charge in [0.05, 0.1) is 14.7 Å². The zero-order valence-corrected chi connectivity index (χ0v) is 43.3. The second kappa shape index (κ2) is 16.5. The number of aromatic nitrogens is 8. The van der Waals surface area contributed by atoms with Crippen molar-refractivity contribution in [1.29, 1.82) is 0 Å². The van der Waals surface area contributed by atoms with E-state index in [1.807, 2.05) is 36.4 Å². The van der Waals surface area contributed by atoms with Crippen LogP contribution in [0.2, 0.25) is 0 Å². The molecule has 0 saturated heterocycles. The fourth-order valence-electron chi connectivity index (χ4n) is 13.1. The molecule has 9 aromatic rings. The minimum absolute atomic E-state index is 0.0113. The number of benzene rings is 6. The molecule has 3 aliphatic carbocycles. The Labute approximate surface area is 443 Å². The number of rotatable bonds is 3. The van der Waals surface area contributed by atoms with Gasteiger partial charge in [0, 0.05) is 54.8 Å². The van der Waals surface area contributed by atoms with Crippen molar-refractivity contribution >= 4 is 85.3 Å². The molecule has 2 fully saturated rings. The molecule has 0 spiro atoms. The zero-order valence-electron chi connectivity index (χ0n) is 40.9. The number of aromatic amines is 2. The molecule has 5 heterocycles. The minimum atomic E-state index is -4.74. The van der Waals surface area contributed by atoms with E-state index in [0.717, 1.165) is 48.9 Å². The van der Waals surface area contributed by atoms with Crippen molar-refractivity contribution < 1.29 is 49.1 Å². The number of aromatic hydroxyl groups is 1. The first-order chi connectivity index (χ1) is 37.1. The maximum Gasteiger partial charge on any atom is 0.294 e. The van der Waals surface area contributed by atoms with Crippen LogP contribution in [-0.2, 0) is 36.8 Å². The van der Waals surface area contributed by atoms with E-state index in [-0.39, 0.29) is 85.0 Å². The molecule has 5 aliphatic rings. The lowest BCUT2D eigenvalue weighted by molar-refractivity contribution is -0.0647. The first-order valence-corrected chi connectivity index (χ1v) is 29.2. The van der Waals surface area contributed by atoms with Crippen molar-refractivity contribution in [1.82, 2.24) is 39.9 Å². The minimum Gasteiger partial charge on any atom is -0.508 e. The van der Waals surface area contributed by atoms with Crippen LogP contribution in [0.15, 0.2) is 118 Å². The van der Waals surface area contributed by atoms with Crippen LogP contribution < -0.4 is 0 Å². The highest BCUT2D eigenvalue weighted by Crippen LogP contribution is 2.64. The summed E-state index contributed by atoms with van der Waals surface area (Å²) >= 11 is 0. The highest BCUT2D eigenvalue weighted by atomic mass is 32.2. The molecule has 0 radical (unpaired) electrons. The van der Waals surface area contributed by atoms with Crippen LogP contribution in [0, 0.1) is 29.1 Å². The summed E-state index contributed by atoms with van der Waals surface area (Å²) in [6, 6.07) is 26.5. The SMILES string of the molecule is C[C@]12CC[C@@H]3c4ccc(O)cc4CC[C@H]3[C@@H]1CC[C@@]2(O)C#Cc1cccc2cc3c4nc5nc(nc6[nH]c(nc7nc(nc([nH]4)c3cc12)-c1ccc(S(=O)(=O)O)cc1-7)c1ccc(S(=O)(=O)O)cc61)-c1ccc(S(=O)(=O)O)cc1-5. The highest BCUT2D eigenvalue weighted by Gasteiger charge is 2.61. The van der Waals surface area contributed by atoms with Gasteiger partial charge in [-0.1, -0.05) is 37.0 Å². The van der Waals surface area contributed by atoms with Gasteiger partial charge in [0.1, 0.15) is 33.9 Å². The average molecular weight is 1100 g/mol. The van der Waals surface area contributed by atoms with Crippen LogP contribution in [0.3, 0.4) is 0 Å². The van der Waals surface area contributed by atoms with Gasteiger partial charge in [0.2, 0.25) is 0 Å². The van der Waals surface area contributed by atoms with Gasteiger partial charge in [-0.15, -0.1) is 0 Å². The number of phenols is 1. The number of hydrogen-bond donors (Lipinski definition) is 7. The molecule has 22 heteroatoms. The molecule has 78 heavy (non-hydrogen) atoms. The molecule has 5 atom stereocenters. The maximum atomic E-state index is 12.7.